The summed E-state index contributed by atoms with van der Waals surface area (Å²) in [4.78, 5) is 14.2. The van der Waals surface area contributed by atoms with E-state index in [-0.39, 0.29) is 36.4 Å². The van der Waals surface area contributed by atoms with Crippen molar-refractivity contribution >= 4 is 5.78 Å². The summed E-state index contributed by atoms with van der Waals surface area (Å²) in [5.74, 6) is -2.20. The number of aromatic hydroxyl groups is 1. The predicted octanol–water partition coefficient (Wildman–Crippen LogP) is 4.50. The number of aryl methyl sites for hydroxylation is 1. The van der Waals surface area contributed by atoms with E-state index in [0.29, 0.717) is 6.42 Å². The number of methoxy groups -OCH3 is 1. The normalized spacial score (nSPS) is 36.1. The van der Waals surface area contributed by atoms with Gasteiger partial charge in [-0.1, -0.05) is 61.9 Å². The minimum Gasteiger partial charge on any atom is -0.508 e. The lowest BCUT2D eigenvalue weighted by Gasteiger charge is -2.55. The van der Waals surface area contributed by atoms with Gasteiger partial charge in [-0.25, -0.2) is 0 Å². The molecule has 5 nitrogen and oxygen atoms in total. The van der Waals surface area contributed by atoms with Crippen LogP contribution in [0.4, 0.5) is 0 Å². The van der Waals surface area contributed by atoms with Crippen LogP contribution < -0.4 is 0 Å². The summed E-state index contributed by atoms with van der Waals surface area (Å²) < 4.78 is 5.79. The maximum Gasteiger partial charge on any atom is 0.185 e. The number of benzene rings is 2. The van der Waals surface area contributed by atoms with Crippen molar-refractivity contribution < 1.29 is 24.9 Å². The molecule has 2 bridgehead atoms. The van der Waals surface area contributed by atoms with Crippen molar-refractivity contribution in [2.45, 2.75) is 44.8 Å². The lowest BCUT2D eigenvalue weighted by molar-refractivity contribution is -0.265. The van der Waals surface area contributed by atoms with Crippen LogP contribution in [0.5, 0.6) is 5.75 Å². The van der Waals surface area contributed by atoms with E-state index >= 15 is 0 Å². The van der Waals surface area contributed by atoms with Crippen LogP contribution in [0.25, 0.3) is 11.1 Å². The number of hydrogen-bond acceptors (Lipinski definition) is 5. The lowest BCUT2D eigenvalue weighted by atomic mass is 9.47. The second kappa shape index (κ2) is 8.04. The van der Waals surface area contributed by atoms with Gasteiger partial charge in [-0.3, -0.25) is 4.79 Å². The zero-order valence-corrected chi connectivity index (χ0v) is 20.0. The first kappa shape index (κ1) is 23.3. The summed E-state index contributed by atoms with van der Waals surface area (Å²) in [7, 11) is 1.48. The van der Waals surface area contributed by atoms with E-state index in [9.17, 15) is 20.1 Å². The fourth-order valence-electron chi connectivity index (χ4n) is 8.00. The highest BCUT2D eigenvalue weighted by atomic mass is 16.6. The highest BCUT2D eigenvalue weighted by molar-refractivity contribution is 5.90. The molecule has 0 spiro atoms. The average molecular weight is 463 g/mol. The van der Waals surface area contributed by atoms with Crippen LogP contribution in [-0.4, -0.2) is 40.6 Å². The Morgan fingerprint density at radius 3 is 2.56 bits per heavy atom. The molecule has 0 amide bonds. The summed E-state index contributed by atoms with van der Waals surface area (Å²) >= 11 is 0. The van der Waals surface area contributed by atoms with E-state index in [1.807, 2.05) is 36.4 Å². The van der Waals surface area contributed by atoms with Gasteiger partial charge in [0, 0.05) is 31.5 Å². The number of phenolic OH excluding ortho intramolecular Hbond substituents is 1. The van der Waals surface area contributed by atoms with E-state index in [0.717, 1.165) is 41.5 Å². The number of carbonyl (C=O) groups excluding carboxylic acids is 1. The van der Waals surface area contributed by atoms with E-state index in [4.69, 9.17) is 4.74 Å². The Morgan fingerprint density at radius 1 is 1.18 bits per heavy atom. The summed E-state index contributed by atoms with van der Waals surface area (Å²) in [6, 6.07) is 15.1. The third kappa shape index (κ3) is 2.81. The molecule has 2 aromatic carbocycles. The molecule has 0 aromatic heterocycles. The summed E-state index contributed by atoms with van der Waals surface area (Å²) in [5, 5.41) is 32.0. The summed E-state index contributed by atoms with van der Waals surface area (Å²) in [6.45, 7) is 6.33. The molecule has 0 heterocycles. The maximum atomic E-state index is 14.2. The van der Waals surface area contributed by atoms with Gasteiger partial charge in [-0.15, -0.1) is 0 Å². The summed E-state index contributed by atoms with van der Waals surface area (Å²) in [5.41, 5.74) is 2.13. The number of phenols is 1. The number of aliphatic hydroxyl groups excluding tert-OH is 1. The Hall–Kier alpha value is -2.47. The number of hydrogen-bond donors (Lipinski definition) is 3. The van der Waals surface area contributed by atoms with Crippen molar-refractivity contribution in [2.24, 2.45) is 28.6 Å². The summed E-state index contributed by atoms with van der Waals surface area (Å²) in [6.07, 6.45) is 3.36. The number of fused-ring (bicyclic) bond motifs is 1. The topological polar surface area (TPSA) is 87.0 Å². The van der Waals surface area contributed by atoms with Gasteiger partial charge >= 0.3 is 0 Å². The predicted molar refractivity (Wildman–Crippen MR) is 130 cm³/mol. The van der Waals surface area contributed by atoms with Gasteiger partial charge in [-0.05, 0) is 59.9 Å². The van der Waals surface area contributed by atoms with Gasteiger partial charge in [0.25, 0.3) is 0 Å². The molecule has 3 saturated carbocycles. The third-order valence-corrected chi connectivity index (χ3v) is 9.34. The minimum absolute atomic E-state index is 0.00593. The maximum absolute atomic E-state index is 14.2. The van der Waals surface area contributed by atoms with E-state index < -0.39 is 22.5 Å². The largest absolute Gasteiger partial charge is 0.508 e. The van der Waals surface area contributed by atoms with E-state index in [1.54, 1.807) is 12.1 Å². The molecule has 3 aliphatic rings. The van der Waals surface area contributed by atoms with Crippen molar-refractivity contribution in [3.05, 3.63) is 66.2 Å². The van der Waals surface area contributed by atoms with Gasteiger partial charge < -0.3 is 20.1 Å². The second-order valence-electron chi connectivity index (χ2n) is 10.6. The first-order chi connectivity index (χ1) is 16.2. The van der Waals surface area contributed by atoms with Gasteiger partial charge in [-0.2, -0.15) is 0 Å². The van der Waals surface area contributed by atoms with Crippen molar-refractivity contribution in [2.75, 3.05) is 13.7 Å². The highest BCUT2D eigenvalue weighted by Gasteiger charge is 2.84. The Kier molecular flexibility index (Phi) is 5.51. The fourth-order valence-corrected chi connectivity index (χ4v) is 8.00. The monoisotopic (exact) mass is 462 g/mol. The van der Waals surface area contributed by atoms with Crippen LogP contribution in [0, 0.1) is 28.6 Å². The van der Waals surface area contributed by atoms with Gasteiger partial charge in [0.1, 0.15) is 11.5 Å². The molecule has 0 saturated heterocycles. The number of ketones is 1. The van der Waals surface area contributed by atoms with Crippen molar-refractivity contribution in [1.29, 1.82) is 0 Å². The van der Waals surface area contributed by atoms with E-state index in [1.165, 1.54) is 7.11 Å². The van der Waals surface area contributed by atoms with Crippen LogP contribution in [0.2, 0.25) is 0 Å². The molecule has 6 atom stereocenters. The molecule has 3 aliphatic carbocycles. The molecule has 34 heavy (non-hydrogen) atoms. The molecule has 3 fully saturated rings. The van der Waals surface area contributed by atoms with Crippen LogP contribution in [0.1, 0.15) is 38.2 Å². The van der Waals surface area contributed by atoms with Crippen LogP contribution in [0.3, 0.4) is 0 Å². The van der Waals surface area contributed by atoms with Crippen molar-refractivity contribution in [1.82, 2.24) is 0 Å². The zero-order chi connectivity index (χ0) is 24.3. The quantitative estimate of drug-likeness (QED) is 0.417. The van der Waals surface area contributed by atoms with Gasteiger partial charge in [0.2, 0.25) is 0 Å². The lowest BCUT2D eigenvalue weighted by Crippen LogP contribution is -2.61. The Morgan fingerprint density at radius 2 is 1.88 bits per heavy atom. The molecule has 3 N–H and O–H groups in total. The molecule has 0 aliphatic heterocycles. The number of aliphatic hydroxyl groups is 2. The fraction of sp³-hybridized carbons (Fsp3) is 0.483. The minimum atomic E-state index is -1.64. The highest BCUT2D eigenvalue weighted by Crippen LogP contribution is 2.79. The first-order valence-corrected chi connectivity index (χ1v) is 12.2. The standard InChI is InChI=1S/C29H34O5/c1-18-26-23(17-30)24-11-6-14-27(18,2)28(24,29(26,33)34-3)25(32)13-12-19-7-4-8-20(15-19)21-9-5-10-22(31)16-21/h4-5,7-10,15-16,23-24,26,30-31,33H,1,6,11-14,17H2,2-3H3. The first-order valence-electron chi connectivity index (χ1n) is 12.2. The van der Waals surface area contributed by atoms with Gasteiger partial charge in [0.15, 0.2) is 5.79 Å². The number of Topliss-reactive ketones (excluding diaryl/α,β-unsaturated/α-hetero) is 1. The smallest absolute Gasteiger partial charge is 0.185 e. The molecule has 0 radical (unpaired) electrons. The van der Waals surface area contributed by atoms with Crippen molar-refractivity contribution in [3.8, 4) is 16.9 Å². The number of rotatable bonds is 7. The number of ether oxygens (including phenoxy) is 1. The van der Waals surface area contributed by atoms with E-state index in [2.05, 4.69) is 13.5 Å². The molecule has 5 rings (SSSR count). The molecule has 5 heteroatoms. The average Bonchev–Trinajstić information content (AvgIpc) is 3.17. The SMILES string of the molecule is C=C1C2C(CO)C3CCCC1(C)C3(C(=O)CCc1cccc(-c3cccc(O)c3)c1)C2(O)OC. The molecule has 2 aromatic rings. The Balaban J connectivity index is 1.47. The molecule has 180 valence electrons. The molecular formula is C29H34O5. The van der Waals surface area contributed by atoms with Crippen molar-refractivity contribution in [3.63, 3.8) is 0 Å². The third-order valence-electron chi connectivity index (χ3n) is 9.34. The Labute approximate surface area is 201 Å². The number of carbonyl (C=O) groups is 1. The van der Waals surface area contributed by atoms with Crippen LogP contribution in [0.15, 0.2) is 60.7 Å². The molecular weight excluding hydrogens is 428 g/mol. The van der Waals surface area contributed by atoms with Crippen LogP contribution >= 0.6 is 0 Å². The second-order valence-corrected chi connectivity index (χ2v) is 10.6. The zero-order valence-electron chi connectivity index (χ0n) is 20.0. The van der Waals surface area contributed by atoms with Gasteiger partial charge in [0.05, 0.1) is 5.41 Å². The van der Waals surface area contributed by atoms with Crippen LogP contribution in [-0.2, 0) is 16.0 Å². The molecule has 6 unspecified atom stereocenters. The Bertz CT molecular complexity index is 1140.